The van der Waals surface area contributed by atoms with Crippen LogP contribution in [0.2, 0.25) is 0 Å². The number of allylic oxidation sites excluding steroid dienone is 1. The summed E-state index contributed by atoms with van der Waals surface area (Å²) in [5.74, 6) is 3.71. The summed E-state index contributed by atoms with van der Waals surface area (Å²) in [6.45, 7) is 2.36. The van der Waals surface area contributed by atoms with E-state index >= 15 is 0 Å². The molecule has 0 N–H and O–H groups in total. The summed E-state index contributed by atoms with van der Waals surface area (Å²) < 4.78 is 0. The van der Waals surface area contributed by atoms with Crippen LogP contribution in [-0.2, 0) is 0 Å². The van der Waals surface area contributed by atoms with Gasteiger partial charge in [-0.05, 0) is 17.7 Å². The number of fused-ring (bicyclic) bond motifs is 1. The van der Waals surface area contributed by atoms with Crippen LogP contribution in [0, 0.1) is 0 Å². The Morgan fingerprint density at radius 1 is 1.31 bits per heavy atom. The van der Waals surface area contributed by atoms with Gasteiger partial charge in [0.05, 0.1) is 0 Å². The number of thioether (sulfide) groups is 2. The Balaban J connectivity index is 1.93. The number of amidine groups is 1. The fourth-order valence-electron chi connectivity index (χ4n) is 1.93. The first-order valence-corrected chi connectivity index (χ1v) is 6.82. The van der Waals surface area contributed by atoms with Crippen molar-refractivity contribution in [3.05, 3.63) is 11.3 Å². The van der Waals surface area contributed by atoms with Gasteiger partial charge < -0.3 is 4.90 Å². The predicted octanol–water partition coefficient (Wildman–Crippen LogP) is 1.80. The first kappa shape index (κ1) is 8.24. The molecule has 3 aliphatic heterocycles. The summed E-state index contributed by atoms with van der Waals surface area (Å²) in [6.07, 6.45) is 1.19. The van der Waals surface area contributed by atoms with Gasteiger partial charge in [0.25, 0.3) is 0 Å². The van der Waals surface area contributed by atoms with Crippen molar-refractivity contribution in [3.63, 3.8) is 0 Å². The molecule has 0 amide bonds. The van der Waals surface area contributed by atoms with Crippen LogP contribution in [0.15, 0.2) is 16.3 Å². The van der Waals surface area contributed by atoms with Crippen molar-refractivity contribution in [2.75, 3.05) is 30.3 Å². The third-order valence-electron chi connectivity index (χ3n) is 2.64. The molecule has 0 bridgehead atoms. The predicted molar refractivity (Wildman–Crippen MR) is 60.4 cm³/mol. The van der Waals surface area contributed by atoms with E-state index in [4.69, 9.17) is 4.99 Å². The van der Waals surface area contributed by atoms with Gasteiger partial charge in [0.2, 0.25) is 0 Å². The second-order valence-electron chi connectivity index (χ2n) is 3.52. The smallest absolute Gasteiger partial charge is 0.164 e. The molecule has 3 aliphatic rings. The topological polar surface area (TPSA) is 15.6 Å². The highest BCUT2D eigenvalue weighted by Gasteiger charge is 2.27. The number of hydrogen-bond donors (Lipinski definition) is 0. The molecule has 0 aromatic carbocycles. The van der Waals surface area contributed by atoms with Crippen LogP contribution in [0.1, 0.15) is 6.42 Å². The van der Waals surface area contributed by atoms with Gasteiger partial charge in [-0.15, -0.1) is 0 Å². The molecule has 13 heavy (non-hydrogen) atoms. The summed E-state index contributed by atoms with van der Waals surface area (Å²) in [6, 6.07) is 0. The monoisotopic (exact) mass is 212 g/mol. The van der Waals surface area contributed by atoms with Crippen LogP contribution >= 0.6 is 23.5 Å². The minimum Gasteiger partial charge on any atom is -0.346 e. The molecule has 3 heterocycles. The molecule has 1 saturated heterocycles. The summed E-state index contributed by atoms with van der Waals surface area (Å²) >= 11 is 3.97. The van der Waals surface area contributed by atoms with E-state index in [9.17, 15) is 0 Å². The molecule has 2 nitrogen and oxygen atoms in total. The first-order valence-electron chi connectivity index (χ1n) is 4.68. The van der Waals surface area contributed by atoms with Gasteiger partial charge in [-0.2, -0.15) is 11.8 Å². The van der Waals surface area contributed by atoms with E-state index in [-0.39, 0.29) is 0 Å². The molecule has 0 spiro atoms. The number of aliphatic imine (C=N–C) groups is 1. The molecule has 70 valence electrons. The molecular formula is C9H12N2S2. The lowest BCUT2D eigenvalue weighted by molar-refractivity contribution is 0.488. The van der Waals surface area contributed by atoms with Crippen LogP contribution in [0.5, 0.6) is 0 Å². The van der Waals surface area contributed by atoms with Crippen molar-refractivity contribution in [1.82, 2.24) is 4.90 Å². The third kappa shape index (κ3) is 1.40. The molecule has 0 atom stereocenters. The maximum Gasteiger partial charge on any atom is 0.164 e. The van der Waals surface area contributed by atoms with Gasteiger partial charge in [0.1, 0.15) is 0 Å². The normalized spacial score (nSPS) is 27.1. The molecule has 0 aromatic heterocycles. The maximum absolute atomic E-state index is 4.74. The molecular weight excluding hydrogens is 200 g/mol. The Morgan fingerprint density at radius 2 is 2.31 bits per heavy atom. The van der Waals surface area contributed by atoms with Gasteiger partial charge in [0, 0.05) is 30.3 Å². The van der Waals surface area contributed by atoms with Crippen LogP contribution in [0.3, 0.4) is 0 Å². The van der Waals surface area contributed by atoms with E-state index in [0.717, 1.165) is 6.54 Å². The van der Waals surface area contributed by atoms with E-state index < -0.39 is 0 Å². The van der Waals surface area contributed by atoms with Crippen LogP contribution in [0.4, 0.5) is 0 Å². The van der Waals surface area contributed by atoms with E-state index in [2.05, 4.69) is 16.7 Å². The fraction of sp³-hybridized carbons (Fsp3) is 0.667. The minimum atomic E-state index is 1.16. The average Bonchev–Trinajstić information content (AvgIpc) is 2.61. The quantitative estimate of drug-likeness (QED) is 0.609. The van der Waals surface area contributed by atoms with E-state index in [1.54, 1.807) is 5.57 Å². The Kier molecular flexibility index (Phi) is 2.05. The van der Waals surface area contributed by atoms with Gasteiger partial charge in [-0.1, -0.05) is 11.8 Å². The molecule has 0 aliphatic carbocycles. The highest BCUT2D eigenvalue weighted by atomic mass is 32.2. The molecule has 4 heteroatoms. The largest absolute Gasteiger partial charge is 0.346 e. The zero-order valence-corrected chi connectivity index (χ0v) is 9.09. The lowest BCUT2D eigenvalue weighted by Gasteiger charge is -2.28. The molecule has 0 unspecified atom stereocenters. The second-order valence-corrected chi connectivity index (χ2v) is 5.68. The van der Waals surface area contributed by atoms with Gasteiger partial charge >= 0.3 is 0 Å². The van der Waals surface area contributed by atoms with Crippen molar-refractivity contribution in [3.8, 4) is 0 Å². The summed E-state index contributed by atoms with van der Waals surface area (Å²) in [4.78, 5) is 7.16. The van der Waals surface area contributed by atoms with Crippen molar-refractivity contribution in [2.24, 2.45) is 4.99 Å². The summed E-state index contributed by atoms with van der Waals surface area (Å²) in [7, 11) is 0. The first-order chi connectivity index (χ1) is 6.43. The maximum atomic E-state index is 4.74. The van der Waals surface area contributed by atoms with Gasteiger partial charge in [0.15, 0.2) is 5.17 Å². The second kappa shape index (κ2) is 3.24. The third-order valence-corrected chi connectivity index (χ3v) is 4.68. The Labute approximate surface area is 86.9 Å². The molecule has 1 fully saturated rings. The molecule has 0 saturated carbocycles. The van der Waals surface area contributed by atoms with E-state index in [1.165, 1.54) is 41.1 Å². The van der Waals surface area contributed by atoms with Crippen molar-refractivity contribution < 1.29 is 0 Å². The Bertz CT molecular complexity index is 296. The zero-order valence-electron chi connectivity index (χ0n) is 7.45. The van der Waals surface area contributed by atoms with Gasteiger partial charge in [-0.3, -0.25) is 0 Å². The van der Waals surface area contributed by atoms with E-state index in [1.807, 2.05) is 11.8 Å². The lowest BCUT2D eigenvalue weighted by Crippen LogP contribution is -2.32. The SMILES string of the molecule is C1CC2=C(CS1)CN1CCSC1=N2. The highest BCUT2D eigenvalue weighted by molar-refractivity contribution is 8.14. The molecule has 3 rings (SSSR count). The lowest BCUT2D eigenvalue weighted by atomic mass is 10.1. The molecule has 0 aromatic rings. The number of rotatable bonds is 0. The summed E-state index contributed by atoms with van der Waals surface area (Å²) in [5, 5.41) is 1.28. The van der Waals surface area contributed by atoms with Crippen LogP contribution < -0.4 is 0 Å². The zero-order chi connectivity index (χ0) is 8.67. The molecule has 0 radical (unpaired) electrons. The Hall–Kier alpha value is -0.0900. The minimum absolute atomic E-state index is 1.16. The van der Waals surface area contributed by atoms with Crippen LogP contribution in [0.25, 0.3) is 0 Å². The average molecular weight is 212 g/mol. The standard InChI is InChI=1S/C9H12N2S2/c1-3-12-6-7-5-11-2-4-13-9(11)10-8(1)7/h1-6H2. The summed E-state index contributed by atoms with van der Waals surface area (Å²) in [5.41, 5.74) is 2.99. The van der Waals surface area contributed by atoms with Gasteiger partial charge in [-0.25, -0.2) is 4.99 Å². The number of hydrogen-bond acceptors (Lipinski definition) is 4. The van der Waals surface area contributed by atoms with Crippen molar-refractivity contribution >= 4 is 28.7 Å². The van der Waals surface area contributed by atoms with Crippen LogP contribution in [-0.4, -0.2) is 40.4 Å². The highest BCUT2D eigenvalue weighted by Crippen LogP contribution is 2.32. The Morgan fingerprint density at radius 3 is 3.31 bits per heavy atom. The fourth-order valence-corrected chi connectivity index (χ4v) is 3.92. The van der Waals surface area contributed by atoms with Crippen molar-refractivity contribution in [1.29, 1.82) is 0 Å². The van der Waals surface area contributed by atoms with E-state index in [0.29, 0.717) is 0 Å². The number of nitrogens with zero attached hydrogens (tertiary/aromatic N) is 2. The van der Waals surface area contributed by atoms with Crippen molar-refractivity contribution in [2.45, 2.75) is 6.42 Å².